The summed E-state index contributed by atoms with van der Waals surface area (Å²) in [6.45, 7) is 0. The fourth-order valence-corrected chi connectivity index (χ4v) is 1.25. The molecule has 1 rings (SSSR count). The molecule has 0 aliphatic heterocycles. The molecule has 1 aromatic heterocycles. The highest BCUT2D eigenvalue weighted by Gasteiger charge is 2.05. The number of nitrogens with one attached hydrogen (secondary N) is 1. The smallest absolute Gasteiger partial charge is 0.261 e. The van der Waals surface area contributed by atoms with E-state index in [1.165, 1.54) is 18.5 Å². The van der Waals surface area contributed by atoms with Gasteiger partial charge >= 0.3 is 0 Å². The van der Waals surface area contributed by atoms with Crippen molar-refractivity contribution in [3.05, 3.63) is 22.1 Å². The van der Waals surface area contributed by atoms with Gasteiger partial charge in [0.2, 0.25) is 0 Å². The van der Waals surface area contributed by atoms with Crippen LogP contribution in [0.15, 0.2) is 11.4 Å². The number of hydrogen-bond donors (Lipinski definition) is 1. The first-order valence-corrected chi connectivity index (χ1v) is 3.58. The first-order chi connectivity index (χ1) is 4.74. The van der Waals surface area contributed by atoms with E-state index >= 15 is 0 Å². The molecular weight excluding hydrogens is 153 g/mol. The van der Waals surface area contributed by atoms with Crippen LogP contribution in [0.3, 0.4) is 0 Å². The summed E-state index contributed by atoms with van der Waals surface area (Å²) in [7, 11) is 1.51. The SMILES string of the molecule is CNC(=O)c1cc(F)cs1. The Bertz CT molecular complexity index is 246. The van der Waals surface area contributed by atoms with Gasteiger partial charge in [0.25, 0.3) is 5.91 Å². The Morgan fingerprint density at radius 1 is 1.80 bits per heavy atom. The van der Waals surface area contributed by atoms with Crippen molar-refractivity contribution in [1.82, 2.24) is 5.32 Å². The van der Waals surface area contributed by atoms with Crippen molar-refractivity contribution in [2.75, 3.05) is 7.05 Å². The van der Waals surface area contributed by atoms with Gasteiger partial charge in [-0.1, -0.05) is 0 Å². The van der Waals surface area contributed by atoms with Crippen LogP contribution in [-0.2, 0) is 0 Å². The van der Waals surface area contributed by atoms with Crippen molar-refractivity contribution in [2.24, 2.45) is 0 Å². The van der Waals surface area contributed by atoms with Gasteiger partial charge in [-0.15, -0.1) is 11.3 Å². The summed E-state index contributed by atoms with van der Waals surface area (Å²) in [6.07, 6.45) is 0. The van der Waals surface area contributed by atoms with E-state index in [4.69, 9.17) is 0 Å². The maximum Gasteiger partial charge on any atom is 0.261 e. The Kier molecular flexibility index (Phi) is 2.01. The van der Waals surface area contributed by atoms with Gasteiger partial charge in [0.15, 0.2) is 0 Å². The van der Waals surface area contributed by atoms with Crippen molar-refractivity contribution < 1.29 is 9.18 Å². The molecule has 54 valence electrons. The molecule has 0 radical (unpaired) electrons. The van der Waals surface area contributed by atoms with E-state index in [1.54, 1.807) is 0 Å². The largest absolute Gasteiger partial charge is 0.354 e. The number of carbonyl (C=O) groups is 1. The average molecular weight is 159 g/mol. The Labute approximate surface area is 61.7 Å². The minimum Gasteiger partial charge on any atom is -0.354 e. The summed E-state index contributed by atoms with van der Waals surface area (Å²) >= 11 is 1.10. The molecule has 1 aromatic rings. The van der Waals surface area contributed by atoms with Gasteiger partial charge in [-0.05, 0) is 6.07 Å². The molecule has 0 bridgehead atoms. The molecule has 0 fully saturated rings. The highest BCUT2D eigenvalue weighted by Crippen LogP contribution is 2.11. The number of thiophene rings is 1. The van der Waals surface area contributed by atoms with Gasteiger partial charge in [-0.25, -0.2) is 4.39 Å². The van der Waals surface area contributed by atoms with Crippen LogP contribution < -0.4 is 5.32 Å². The Morgan fingerprint density at radius 3 is 2.90 bits per heavy atom. The number of rotatable bonds is 1. The Balaban J connectivity index is 2.85. The molecule has 2 nitrogen and oxygen atoms in total. The third-order valence-electron chi connectivity index (χ3n) is 1.02. The van der Waals surface area contributed by atoms with Crippen molar-refractivity contribution in [3.8, 4) is 0 Å². The monoisotopic (exact) mass is 159 g/mol. The first-order valence-electron chi connectivity index (χ1n) is 2.70. The minimum absolute atomic E-state index is 0.242. The van der Waals surface area contributed by atoms with Gasteiger partial charge < -0.3 is 5.32 Å². The Morgan fingerprint density at radius 2 is 2.50 bits per heavy atom. The molecule has 0 aromatic carbocycles. The van der Waals surface area contributed by atoms with Gasteiger partial charge in [0.05, 0.1) is 4.88 Å². The molecule has 0 unspecified atom stereocenters. The van der Waals surface area contributed by atoms with E-state index in [-0.39, 0.29) is 11.7 Å². The van der Waals surface area contributed by atoms with Crippen molar-refractivity contribution in [3.63, 3.8) is 0 Å². The fourth-order valence-electron chi connectivity index (χ4n) is 0.555. The lowest BCUT2D eigenvalue weighted by Crippen LogP contribution is -2.16. The molecule has 10 heavy (non-hydrogen) atoms. The quantitative estimate of drug-likeness (QED) is 0.656. The summed E-state index contributed by atoms with van der Waals surface area (Å²) in [4.78, 5) is 11.2. The highest BCUT2D eigenvalue weighted by atomic mass is 32.1. The number of halogens is 1. The Hall–Kier alpha value is -0.900. The fraction of sp³-hybridized carbons (Fsp3) is 0.167. The van der Waals surface area contributed by atoms with Crippen molar-refractivity contribution >= 4 is 17.2 Å². The highest BCUT2D eigenvalue weighted by molar-refractivity contribution is 7.12. The lowest BCUT2D eigenvalue weighted by Gasteiger charge is -1.90. The van der Waals surface area contributed by atoms with Crippen LogP contribution in [0, 0.1) is 5.82 Å². The van der Waals surface area contributed by atoms with E-state index in [9.17, 15) is 9.18 Å². The maximum absolute atomic E-state index is 12.3. The number of carbonyl (C=O) groups excluding carboxylic acids is 1. The van der Waals surface area contributed by atoms with Crippen LogP contribution in [-0.4, -0.2) is 13.0 Å². The molecule has 0 aliphatic rings. The van der Waals surface area contributed by atoms with E-state index < -0.39 is 0 Å². The molecule has 0 saturated carbocycles. The van der Waals surface area contributed by atoms with Gasteiger partial charge in [0.1, 0.15) is 5.82 Å². The summed E-state index contributed by atoms with van der Waals surface area (Å²) in [5.41, 5.74) is 0. The molecule has 4 heteroatoms. The zero-order valence-corrected chi connectivity index (χ0v) is 6.17. The van der Waals surface area contributed by atoms with Crippen LogP contribution >= 0.6 is 11.3 Å². The minimum atomic E-state index is -0.358. The van der Waals surface area contributed by atoms with Crippen LogP contribution in [0.5, 0.6) is 0 Å². The van der Waals surface area contributed by atoms with E-state index in [2.05, 4.69) is 5.32 Å². The zero-order chi connectivity index (χ0) is 7.56. The topological polar surface area (TPSA) is 29.1 Å². The number of amides is 1. The molecule has 0 spiro atoms. The second-order valence-corrected chi connectivity index (χ2v) is 2.62. The van der Waals surface area contributed by atoms with E-state index in [0.717, 1.165) is 11.3 Å². The van der Waals surface area contributed by atoms with Crippen LogP contribution in [0.1, 0.15) is 9.67 Å². The third-order valence-corrected chi connectivity index (χ3v) is 1.92. The molecule has 0 atom stereocenters. The van der Waals surface area contributed by atoms with Crippen LogP contribution in [0.2, 0.25) is 0 Å². The maximum atomic E-state index is 12.3. The summed E-state index contributed by atoms with van der Waals surface area (Å²) in [6, 6.07) is 1.21. The molecule has 1 heterocycles. The van der Waals surface area contributed by atoms with Crippen molar-refractivity contribution in [1.29, 1.82) is 0 Å². The summed E-state index contributed by atoms with van der Waals surface area (Å²) < 4.78 is 12.3. The van der Waals surface area contributed by atoms with Gasteiger partial charge in [-0.2, -0.15) is 0 Å². The van der Waals surface area contributed by atoms with E-state index in [0.29, 0.717) is 4.88 Å². The van der Waals surface area contributed by atoms with Gasteiger partial charge in [0, 0.05) is 12.4 Å². The normalized spacial score (nSPS) is 9.40. The molecule has 0 saturated heterocycles. The average Bonchev–Trinajstić information content (AvgIpc) is 2.34. The lowest BCUT2D eigenvalue weighted by atomic mass is 10.4. The van der Waals surface area contributed by atoms with Gasteiger partial charge in [-0.3, -0.25) is 4.79 Å². The first kappa shape index (κ1) is 7.21. The summed E-state index contributed by atoms with van der Waals surface area (Å²) in [5.74, 6) is -0.600. The standard InChI is InChI=1S/C6H6FNOS/c1-8-6(9)5-2-4(7)3-10-5/h2-3H,1H3,(H,8,9). The van der Waals surface area contributed by atoms with Crippen molar-refractivity contribution in [2.45, 2.75) is 0 Å². The predicted molar refractivity (Wildman–Crippen MR) is 37.7 cm³/mol. The molecule has 1 amide bonds. The second kappa shape index (κ2) is 2.79. The second-order valence-electron chi connectivity index (χ2n) is 1.71. The third kappa shape index (κ3) is 1.33. The number of hydrogen-bond acceptors (Lipinski definition) is 2. The molecule has 0 aliphatic carbocycles. The lowest BCUT2D eigenvalue weighted by molar-refractivity contribution is 0.0967. The van der Waals surface area contributed by atoms with Crippen LogP contribution in [0.4, 0.5) is 4.39 Å². The predicted octanol–water partition coefficient (Wildman–Crippen LogP) is 1.25. The molecule has 1 N–H and O–H groups in total. The summed E-state index contributed by atoms with van der Waals surface area (Å²) in [5, 5.41) is 3.70. The molecular formula is C6H6FNOS. The van der Waals surface area contributed by atoms with Crippen LogP contribution in [0.25, 0.3) is 0 Å². The zero-order valence-electron chi connectivity index (χ0n) is 5.35. The van der Waals surface area contributed by atoms with E-state index in [1.807, 2.05) is 0 Å².